The van der Waals surface area contributed by atoms with Gasteiger partial charge >= 0.3 is 0 Å². The fraction of sp³-hybridized carbons (Fsp3) is 0.500. The number of amides is 1. The molecule has 2 N–H and O–H groups in total. The van der Waals surface area contributed by atoms with E-state index in [-0.39, 0.29) is 11.9 Å². The molecule has 1 amide bonds. The highest BCUT2D eigenvalue weighted by Crippen LogP contribution is 2.27. The number of carbonyl (C=O) groups excluding carboxylic acids is 1. The van der Waals surface area contributed by atoms with Crippen LogP contribution in [0, 0.1) is 5.92 Å². The second-order valence-electron chi connectivity index (χ2n) is 5.15. The molecule has 0 spiro atoms. The van der Waals surface area contributed by atoms with E-state index in [4.69, 9.17) is 17.3 Å². The molecule has 1 fully saturated rings. The highest BCUT2D eigenvalue weighted by molar-refractivity contribution is 9.10. The van der Waals surface area contributed by atoms with Crippen LogP contribution in [0.5, 0.6) is 0 Å². The topological polar surface area (TPSA) is 46.3 Å². The Labute approximate surface area is 127 Å². The average molecular weight is 346 g/mol. The Morgan fingerprint density at radius 2 is 2.32 bits per heavy atom. The molecule has 2 atom stereocenters. The van der Waals surface area contributed by atoms with E-state index >= 15 is 0 Å². The molecule has 0 radical (unpaired) electrons. The van der Waals surface area contributed by atoms with Crippen LogP contribution >= 0.6 is 27.5 Å². The van der Waals surface area contributed by atoms with E-state index in [1.165, 1.54) is 0 Å². The van der Waals surface area contributed by atoms with Crippen LogP contribution in [0.1, 0.15) is 30.1 Å². The third kappa shape index (κ3) is 3.30. The van der Waals surface area contributed by atoms with Gasteiger partial charge in [0.05, 0.1) is 5.02 Å². The Hall–Kier alpha value is -0.580. The van der Waals surface area contributed by atoms with Crippen molar-refractivity contribution in [1.82, 2.24) is 4.90 Å². The summed E-state index contributed by atoms with van der Waals surface area (Å²) in [5.41, 5.74) is 6.42. The number of hydrogen-bond donors (Lipinski definition) is 1. The third-order valence-electron chi connectivity index (χ3n) is 3.68. The Bertz CT molecular complexity index is 481. The van der Waals surface area contributed by atoms with Gasteiger partial charge in [0, 0.05) is 29.2 Å². The maximum absolute atomic E-state index is 12.5. The number of rotatable bonds is 2. The van der Waals surface area contributed by atoms with Crippen molar-refractivity contribution >= 4 is 33.4 Å². The van der Waals surface area contributed by atoms with Crippen LogP contribution in [-0.4, -0.2) is 29.9 Å². The first-order valence-corrected chi connectivity index (χ1v) is 7.66. The summed E-state index contributed by atoms with van der Waals surface area (Å²) in [7, 11) is 0. The van der Waals surface area contributed by atoms with Crippen molar-refractivity contribution in [2.24, 2.45) is 11.7 Å². The predicted molar refractivity (Wildman–Crippen MR) is 81.4 cm³/mol. The number of benzene rings is 1. The Morgan fingerprint density at radius 1 is 1.58 bits per heavy atom. The zero-order valence-corrected chi connectivity index (χ0v) is 13.2. The number of hydrogen-bond acceptors (Lipinski definition) is 2. The molecule has 1 saturated heterocycles. The fourth-order valence-electron chi connectivity index (χ4n) is 2.54. The molecular formula is C14H18BrClN2O. The van der Waals surface area contributed by atoms with Gasteiger partial charge in [-0.25, -0.2) is 0 Å². The minimum Gasteiger partial charge on any atom is -0.334 e. The van der Waals surface area contributed by atoms with Gasteiger partial charge in [-0.2, -0.15) is 0 Å². The molecular weight excluding hydrogens is 328 g/mol. The predicted octanol–water partition coefficient (Wildman–Crippen LogP) is 3.30. The van der Waals surface area contributed by atoms with Crippen LogP contribution in [0.2, 0.25) is 5.02 Å². The second kappa shape index (κ2) is 6.25. The van der Waals surface area contributed by atoms with E-state index in [1.807, 2.05) is 4.90 Å². The SMILES string of the molecule is CC1CCN(C(=O)c2ccc(Br)c(Cl)c2)C(CN)C1. The molecule has 2 rings (SSSR count). The van der Waals surface area contributed by atoms with Gasteiger partial charge < -0.3 is 10.6 Å². The summed E-state index contributed by atoms with van der Waals surface area (Å²) in [6.45, 7) is 3.50. The molecule has 1 heterocycles. The Balaban J connectivity index is 2.20. The lowest BCUT2D eigenvalue weighted by Gasteiger charge is -2.38. The summed E-state index contributed by atoms with van der Waals surface area (Å²) in [5.74, 6) is 0.655. The fourth-order valence-corrected chi connectivity index (χ4v) is 2.96. The van der Waals surface area contributed by atoms with E-state index in [0.717, 1.165) is 23.9 Å². The van der Waals surface area contributed by atoms with Crippen molar-refractivity contribution < 1.29 is 4.79 Å². The first-order valence-electron chi connectivity index (χ1n) is 6.49. The summed E-state index contributed by atoms with van der Waals surface area (Å²) in [5, 5.41) is 0.556. The van der Waals surface area contributed by atoms with Gasteiger partial charge in [0.25, 0.3) is 5.91 Å². The summed E-state index contributed by atoms with van der Waals surface area (Å²) in [4.78, 5) is 14.4. The summed E-state index contributed by atoms with van der Waals surface area (Å²) in [6, 6.07) is 5.45. The van der Waals surface area contributed by atoms with Gasteiger partial charge in [-0.1, -0.05) is 18.5 Å². The number of carbonyl (C=O) groups is 1. The number of nitrogens with two attached hydrogens (primary N) is 1. The van der Waals surface area contributed by atoms with E-state index in [1.54, 1.807) is 18.2 Å². The molecule has 0 saturated carbocycles. The van der Waals surface area contributed by atoms with Gasteiger partial charge in [-0.15, -0.1) is 0 Å². The van der Waals surface area contributed by atoms with Crippen molar-refractivity contribution in [1.29, 1.82) is 0 Å². The van der Waals surface area contributed by atoms with Gasteiger partial charge in [0.1, 0.15) is 0 Å². The zero-order chi connectivity index (χ0) is 14.0. The summed E-state index contributed by atoms with van der Waals surface area (Å²) in [6.07, 6.45) is 2.01. The van der Waals surface area contributed by atoms with Gasteiger partial charge in [-0.3, -0.25) is 4.79 Å². The quantitative estimate of drug-likeness (QED) is 0.894. The summed E-state index contributed by atoms with van der Waals surface area (Å²) < 4.78 is 0.799. The molecule has 19 heavy (non-hydrogen) atoms. The molecule has 104 valence electrons. The number of piperidine rings is 1. The zero-order valence-electron chi connectivity index (χ0n) is 10.9. The molecule has 5 heteroatoms. The van der Waals surface area contributed by atoms with Crippen LogP contribution < -0.4 is 5.73 Å². The van der Waals surface area contributed by atoms with E-state index in [2.05, 4.69) is 22.9 Å². The van der Waals surface area contributed by atoms with Crippen molar-refractivity contribution in [3.8, 4) is 0 Å². The van der Waals surface area contributed by atoms with Crippen LogP contribution in [0.4, 0.5) is 0 Å². The van der Waals surface area contributed by atoms with Gasteiger partial charge in [-0.05, 0) is 52.9 Å². The molecule has 1 aromatic rings. The molecule has 3 nitrogen and oxygen atoms in total. The smallest absolute Gasteiger partial charge is 0.254 e. The first-order chi connectivity index (χ1) is 9.02. The minimum absolute atomic E-state index is 0.0248. The lowest BCUT2D eigenvalue weighted by molar-refractivity contribution is 0.0573. The van der Waals surface area contributed by atoms with Crippen LogP contribution in [0.3, 0.4) is 0 Å². The highest BCUT2D eigenvalue weighted by atomic mass is 79.9. The summed E-state index contributed by atoms with van der Waals surface area (Å²) >= 11 is 9.38. The average Bonchev–Trinajstić information content (AvgIpc) is 2.41. The van der Waals surface area contributed by atoms with E-state index < -0.39 is 0 Å². The van der Waals surface area contributed by atoms with E-state index in [9.17, 15) is 4.79 Å². The molecule has 1 aliphatic rings. The number of likely N-dealkylation sites (tertiary alicyclic amines) is 1. The van der Waals surface area contributed by atoms with E-state index in [0.29, 0.717) is 23.0 Å². The first kappa shape index (κ1) is 14.8. The Morgan fingerprint density at radius 3 is 2.95 bits per heavy atom. The monoisotopic (exact) mass is 344 g/mol. The molecule has 0 aromatic heterocycles. The molecule has 1 aromatic carbocycles. The third-order valence-corrected chi connectivity index (χ3v) is 4.91. The van der Waals surface area contributed by atoms with Crippen LogP contribution in [-0.2, 0) is 0 Å². The lowest BCUT2D eigenvalue weighted by atomic mass is 9.92. The minimum atomic E-state index is 0.0248. The maximum atomic E-state index is 12.5. The van der Waals surface area contributed by atoms with Crippen molar-refractivity contribution in [2.75, 3.05) is 13.1 Å². The molecule has 2 unspecified atom stereocenters. The van der Waals surface area contributed by atoms with Crippen LogP contribution in [0.25, 0.3) is 0 Å². The number of halogens is 2. The molecule has 1 aliphatic heterocycles. The molecule has 0 aliphatic carbocycles. The Kier molecular flexibility index (Phi) is 4.87. The lowest BCUT2D eigenvalue weighted by Crippen LogP contribution is -2.49. The van der Waals surface area contributed by atoms with Gasteiger partial charge in [0.2, 0.25) is 0 Å². The second-order valence-corrected chi connectivity index (χ2v) is 6.41. The van der Waals surface area contributed by atoms with Crippen LogP contribution in [0.15, 0.2) is 22.7 Å². The van der Waals surface area contributed by atoms with Crippen molar-refractivity contribution in [2.45, 2.75) is 25.8 Å². The number of nitrogens with zero attached hydrogens (tertiary/aromatic N) is 1. The molecule has 0 bridgehead atoms. The van der Waals surface area contributed by atoms with Crippen molar-refractivity contribution in [3.05, 3.63) is 33.3 Å². The maximum Gasteiger partial charge on any atom is 0.254 e. The largest absolute Gasteiger partial charge is 0.334 e. The normalized spacial score (nSPS) is 23.5. The highest BCUT2D eigenvalue weighted by Gasteiger charge is 2.29. The van der Waals surface area contributed by atoms with Gasteiger partial charge in [0.15, 0.2) is 0 Å². The standard InChI is InChI=1S/C14H18BrClN2O/c1-9-4-5-18(11(6-9)8-17)14(19)10-2-3-12(15)13(16)7-10/h2-3,7,9,11H,4-6,8,17H2,1H3. The van der Waals surface area contributed by atoms with Crippen molar-refractivity contribution in [3.63, 3.8) is 0 Å².